The molecular weight excluding hydrogens is 737 g/mol. The van der Waals surface area contributed by atoms with Gasteiger partial charge in [-0.2, -0.15) is 0 Å². The average molecular weight is 822 g/mol. The molecule has 57 heavy (non-hydrogen) atoms. The Morgan fingerprint density at radius 3 is 1.47 bits per heavy atom. The quantitative estimate of drug-likeness (QED) is 0.0279. The van der Waals surface area contributed by atoms with Crippen LogP contribution in [0.1, 0.15) is 181 Å². The van der Waals surface area contributed by atoms with Gasteiger partial charge in [0.1, 0.15) is 6.61 Å². The number of hydrogen-bond donors (Lipinski definition) is 1. The monoisotopic (exact) mass is 822 g/mol. The van der Waals surface area contributed by atoms with Crippen LogP contribution >= 0.6 is 7.82 Å². The van der Waals surface area contributed by atoms with Crippen molar-refractivity contribution in [2.75, 3.05) is 40.5 Å². The molecule has 0 fully saturated rings. The Morgan fingerprint density at radius 2 is 0.947 bits per heavy atom. The third-order valence-corrected chi connectivity index (χ3v) is 10.3. The molecule has 330 valence electrons. The molecule has 0 bridgehead atoms. The molecule has 0 aliphatic carbocycles. The van der Waals surface area contributed by atoms with Crippen LogP contribution in [-0.4, -0.2) is 68.3 Å². The topological polar surface area (TPSA) is 112 Å². The van der Waals surface area contributed by atoms with Crippen molar-refractivity contribution >= 4 is 19.8 Å². The summed E-state index contributed by atoms with van der Waals surface area (Å²) >= 11 is 0. The summed E-state index contributed by atoms with van der Waals surface area (Å²) in [5.41, 5.74) is 0. The Balaban J connectivity index is 4.35. The summed E-state index contributed by atoms with van der Waals surface area (Å²) in [6.45, 7) is 4.23. The van der Waals surface area contributed by atoms with Crippen LogP contribution in [0.2, 0.25) is 0 Å². The average Bonchev–Trinajstić information content (AvgIpc) is 3.18. The third kappa shape index (κ3) is 43.1. The molecule has 2 unspecified atom stereocenters. The minimum atomic E-state index is -4.37. The molecule has 0 aromatic heterocycles. The number of ether oxygens (including phenoxy) is 2. The third-order valence-electron chi connectivity index (χ3n) is 9.30. The maximum absolute atomic E-state index is 12.7. The van der Waals surface area contributed by atoms with E-state index < -0.39 is 32.5 Å². The van der Waals surface area contributed by atoms with Crippen LogP contribution in [0.15, 0.2) is 60.8 Å². The number of carbonyl (C=O) groups is 2. The number of phosphoric acid groups is 1. The maximum atomic E-state index is 12.7. The first-order chi connectivity index (χ1) is 27.7. The molecule has 0 saturated heterocycles. The molecule has 0 saturated carbocycles. The summed E-state index contributed by atoms with van der Waals surface area (Å²) in [4.78, 5) is 37.0. The molecule has 0 rings (SSSR count). The Kier molecular flexibility index (Phi) is 40.2. The summed E-state index contributed by atoms with van der Waals surface area (Å²) in [6.07, 6.45) is 48.3. The first-order valence-electron chi connectivity index (χ1n) is 22.6. The fourth-order valence-electron chi connectivity index (χ4n) is 5.78. The summed E-state index contributed by atoms with van der Waals surface area (Å²) in [6, 6.07) is 0. The van der Waals surface area contributed by atoms with Crippen molar-refractivity contribution in [2.24, 2.45) is 0 Å². The number of hydrogen-bond acceptors (Lipinski definition) is 8. The normalized spacial score (nSPS) is 13.9. The molecule has 0 aliphatic heterocycles. The summed E-state index contributed by atoms with van der Waals surface area (Å²) < 4.78 is 33.5. The molecule has 10 heteroatoms. The number of esters is 2. The minimum absolute atomic E-state index is 0.00112. The van der Waals surface area contributed by atoms with Crippen LogP contribution in [-0.2, 0) is 32.7 Å². The second-order valence-corrected chi connectivity index (χ2v) is 16.7. The van der Waals surface area contributed by atoms with Crippen LogP contribution in [0.3, 0.4) is 0 Å². The highest BCUT2D eigenvalue weighted by Gasteiger charge is 2.26. The lowest BCUT2D eigenvalue weighted by Crippen LogP contribution is -2.29. The highest BCUT2D eigenvalue weighted by Crippen LogP contribution is 2.43. The van der Waals surface area contributed by atoms with Crippen molar-refractivity contribution in [3.8, 4) is 0 Å². The van der Waals surface area contributed by atoms with Gasteiger partial charge in [-0.25, -0.2) is 4.57 Å². The molecule has 0 radical (unpaired) electrons. The van der Waals surface area contributed by atoms with Gasteiger partial charge >= 0.3 is 19.8 Å². The summed E-state index contributed by atoms with van der Waals surface area (Å²) in [5, 5.41) is 0. The molecule has 0 heterocycles. The van der Waals surface area contributed by atoms with E-state index in [0.717, 1.165) is 64.2 Å². The number of likely N-dealkylation sites (N-methyl/N-ethyl adjacent to an activating group) is 1. The number of carbonyl (C=O) groups excluding carboxylic acids is 2. The zero-order valence-electron chi connectivity index (χ0n) is 36.8. The lowest BCUT2D eigenvalue weighted by atomic mass is 10.1. The highest BCUT2D eigenvalue weighted by atomic mass is 31.2. The van der Waals surface area contributed by atoms with E-state index >= 15 is 0 Å². The van der Waals surface area contributed by atoms with Crippen molar-refractivity contribution in [3.63, 3.8) is 0 Å². The fraction of sp³-hybridized carbons (Fsp3) is 0.745. The van der Waals surface area contributed by atoms with E-state index in [-0.39, 0.29) is 26.1 Å². The van der Waals surface area contributed by atoms with E-state index in [2.05, 4.69) is 74.6 Å². The Labute approximate surface area is 349 Å². The fourth-order valence-corrected chi connectivity index (χ4v) is 6.52. The lowest BCUT2D eigenvalue weighted by Gasteiger charge is -2.20. The van der Waals surface area contributed by atoms with Gasteiger partial charge in [0.2, 0.25) is 0 Å². The second-order valence-electron chi connectivity index (χ2n) is 15.2. The molecule has 2 atom stereocenters. The van der Waals surface area contributed by atoms with Crippen LogP contribution in [0, 0.1) is 0 Å². The number of phosphoric ester groups is 1. The molecule has 0 spiro atoms. The van der Waals surface area contributed by atoms with Crippen LogP contribution in [0.25, 0.3) is 0 Å². The zero-order chi connectivity index (χ0) is 41.9. The van der Waals surface area contributed by atoms with E-state index in [1.54, 1.807) is 0 Å². The molecule has 9 nitrogen and oxygen atoms in total. The lowest BCUT2D eigenvalue weighted by molar-refractivity contribution is -0.161. The smallest absolute Gasteiger partial charge is 0.462 e. The molecular formula is C47H84NO8P. The van der Waals surface area contributed by atoms with Crippen LogP contribution < -0.4 is 0 Å². The molecule has 0 aromatic rings. The van der Waals surface area contributed by atoms with Gasteiger partial charge in [-0.1, -0.05) is 145 Å². The summed E-state index contributed by atoms with van der Waals surface area (Å²) in [5.74, 6) is -0.846. The van der Waals surface area contributed by atoms with Crippen LogP contribution in [0.5, 0.6) is 0 Å². The zero-order valence-corrected chi connectivity index (χ0v) is 37.7. The Hall–Kier alpha value is -2.29. The predicted molar refractivity (Wildman–Crippen MR) is 238 cm³/mol. The van der Waals surface area contributed by atoms with E-state index in [4.69, 9.17) is 18.5 Å². The van der Waals surface area contributed by atoms with Gasteiger partial charge in [-0.3, -0.25) is 18.6 Å². The maximum Gasteiger partial charge on any atom is 0.472 e. The van der Waals surface area contributed by atoms with Crippen molar-refractivity contribution in [3.05, 3.63) is 60.8 Å². The highest BCUT2D eigenvalue weighted by molar-refractivity contribution is 7.47. The van der Waals surface area contributed by atoms with Crippen molar-refractivity contribution in [1.29, 1.82) is 0 Å². The SMILES string of the molecule is CCCCC/C=C\C/C=C\C/C=C\C/C=C\CCCCCC(=O)OCC(COP(=O)(O)OCCN(C)C)OC(=O)CCCCCCCCC/C=C\CCCCCC. The first-order valence-corrected chi connectivity index (χ1v) is 24.1. The number of rotatable bonds is 41. The number of unbranched alkanes of at least 4 members (excludes halogenated alkanes) is 17. The van der Waals surface area contributed by atoms with Crippen LogP contribution in [0.4, 0.5) is 0 Å². The molecule has 0 aromatic carbocycles. The standard InChI is InChI=1S/C47H84NO8P/c1-5-7-9-11-13-15-17-19-21-22-23-24-26-27-29-31-33-35-37-39-46(49)53-43-45(44-55-57(51,52)54-42-41-48(3)4)56-47(50)40-38-36-34-32-30-28-25-20-18-16-14-12-10-8-6-2/h13,15-16,18-19,21,23-24,27,29,45H,5-12,14,17,20,22,25-26,28,30-44H2,1-4H3,(H,51,52)/b15-13-,18-16-,21-19-,24-23-,29-27-. The Bertz CT molecular complexity index is 1130. The largest absolute Gasteiger partial charge is 0.472 e. The molecule has 0 aliphatic rings. The van der Waals surface area contributed by atoms with Gasteiger partial charge in [-0.05, 0) is 97.6 Å². The van der Waals surface area contributed by atoms with Crippen molar-refractivity contribution < 1.29 is 37.6 Å². The van der Waals surface area contributed by atoms with Gasteiger partial charge in [0.25, 0.3) is 0 Å². The van der Waals surface area contributed by atoms with E-state index in [0.29, 0.717) is 19.4 Å². The minimum Gasteiger partial charge on any atom is -0.462 e. The first kappa shape index (κ1) is 54.7. The van der Waals surface area contributed by atoms with Gasteiger partial charge in [-0.15, -0.1) is 0 Å². The second kappa shape index (κ2) is 41.9. The van der Waals surface area contributed by atoms with Gasteiger partial charge < -0.3 is 19.3 Å². The Morgan fingerprint density at radius 1 is 0.544 bits per heavy atom. The van der Waals surface area contributed by atoms with Gasteiger partial charge in [0.15, 0.2) is 6.10 Å². The number of allylic oxidation sites excluding steroid dienone is 10. The van der Waals surface area contributed by atoms with E-state index in [9.17, 15) is 19.0 Å². The van der Waals surface area contributed by atoms with Crippen molar-refractivity contribution in [2.45, 2.75) is 187 Å². The predicted octanol–water partition coefficient (Wildman–Crippen LogP) is 13.1. The van der Waals surface area contributed by atoms with Gasteiger partial charge in [0, 0.05) is 19.4 Å². The van der Waals surface area contributed by atoms with E-state index in [1.807, 2.05) is 19.0 Å². The van der Waals surface area contributed by atoms with Gasteiger partial charge in [0.05, 0.1) is 13.2 Å². The number of nitrogens with zero attached hydrogens (tertiary/aromatic N) is 1. The van der Waals surface area contributed by atoms with E-state index in [1.165, 1.54) is 77.0 Å². The molecule has 1 N–H and O–H groups in total. The van der Waals surface area contributed by atoms with Crippen molar-refractivity contribution in [1.82, 2.24) is 4.90 Å². The summed E-state index contributed by atoms with van der Waals surface area (Å²) in [7, 11) is -0.734. The molecule has 0 amide bonds.